The summed E-state index contributed by atoms with van der Waals surface area (Å²) in [6.45, 7) is 5.94. The Labute approximate surface area is 143 Å². The molecule has 0 radical (unpaired) electrons. The fourth-order valence-electron chi connectivity index (χ4n) is 2.14. The molecule has 0 atom stereocenters. The monoisotopic (exact) mass is 339 g/mol. The molecule has 3 rings (SSSR count). The normalized spacial score (nSPS) is 11.1. The second-order valence-electron chi connectivity index (χ2n) is 5.32. The number of nitrogens with one attached hydrogen (secondary N) is 1. The highest BCUT2D eigenvalue weighted by Crippen LogP contribution is 2.15. The quantitative estimate of drug-likeness (QED) is 0.740. The van der Waals surface area contributed by atoms with E-state index in [0.717, 1.165) is 21.8 Å². The maximum atomic E-state index is 11.9. The minimum Gasteiger partial charge on any atom is -0.320 e. The number of thiophene rings is 1. The molecular formula is C17H17N5OS. The van der Waals surface area contributed by atoms with Crippen molar-refractivity contribution in [1.29, 1.82) is 0 Å². The molecule has 0 aliphatic carbocycles. The van der Waals surface area contributed by atoms with Gasteiger partial charge in [-0.05, 0) is 43.9 Å². The zero-order valence-electron chi connectivity index (χ0n) is 13.6. The van der Waals surface area contributed by atoms with Gasteiger partial charge < -0.3 is 5.32 Å². The highest BCUT2D eigenvalue weighted by Gasteiger charge is 2.11. The fourth-order valence-corrected chi connectivity index (χ4v) is 2.76. The Morgan fingerprint density at radius 1 is 1.25 bits per heavy atom. The third-order valence-electron chi connectivity index (χ3n) is 3.69. The van der Waals surface area contributed by atoms with Crippen molar-refractivity contribution in [3.05, 3.63) is 57.8 Å². The molecule has 6 nitrogen and oxygen atoms in total. The first kappa shape index (κ1) is 16.1. The van der Waals surface area contributed by atoms with E-state index in [9.17, 15) is 4.79 Å². The number of rotatable bonds is 4. The first-order chi connectivity index (χ1) is 11.5. The summed E-state index contributed by atoms with van der Waals surface area (Å²) in [6.07, 6.45) is 6.41. The molecule has 0 fully saturated rings. The van der Waals surface area contributed by atoms with Gasteiger partial charge in [0.15, 0.2) is 0 Å². The van der Waals surface area contributed by atoms with Crippen LogP contribution in [-0.4, -0.2) is 25.7 Å². The molecule has 1 N–H and O–H groups in total. The van der Waals surface area contributed by atoms with E-state index in [-0.39, 0.29) is 5.91 Å². The van der Waals surface area contributed by atoms with Crippen LogP contribution in [0.25, 0.3) is 12.0 Å². The number of aromatic nitrogens is 4. The Morgan fingerprint density at radius 2 is 2.00 bits per heavy atom. The first-order valence-electron chi connectivity index (χ1n) is 7.42. The molecule has 0 saturated carbocycles. The topological polar surface area (TPSA) is 72.7 Å². The maximum Gasteiger partial charge on any atom is 0.250 e. The summed E-state index contributed by atoms with van der Waals surface area (Å²) >= 11 is 1.57. The molecule has 0 bridgehead atoms. The fraction of sp³-hybridized carbons (Fsp3) is 0.176. The average molecular weight is 339 g/mol. The maximum absolute atomic E-state index is 11.9. The molecule has 0 saturated heterocycles. The molecule has 7 heteroatoms. The van der Waals surface area contributed by atoms with E-state index in [2.05, 4.69) is 20.4 Å². The lowest BCUT2D eigenvalue weighted by molar-refractivity contribution is -0.111. The van der Waals surface area contributed by atoms with Gasteiger partial charge in [-0.1, -0.05) is 6.07 Å². The van der Waals surface area contributed by atoms with Crippen molar-refractivity contribution in [3.63, 3.8) is 0 Å². The van der Waals surface area contributed by atoms with Gasteiger partial charge in [-0.3, -0.25) is 4.79 Å². The molecule has 0 aliphatic heterocycles. The van der Waals surface area contributed by atoms with Crippen molar-refractivity contribution in [3.8, 4) is 5.95 Å². The van der Waals surface area contributed by atoms with Crippen LogP contribution in [0.3, 0.4) is 0 Å². The second-order valence-corrected chi connectivity index (χ2v) is 6.30. The number of amides is 1. The molecule has 0 aromatic carbocycles. The highest BCUT2D eigenvalue weighted by molar-refractivity contribution is 7.10. The van der Waals surface area contributed by atoms with Gasteiger partial charge in [-0.15, -0.1) is 11.3 Å². The van der Waals surface area contributed by atoms with Gasteiger partial charge in [-0.25, -0.2) is 14.6 Å². The number of hydrogen-bond donors (Lipinski definition) is 1. The highest BCUT2D eigenvalue weighted by atomic mass is 32.1. The molecular weight excluding hydrogens is 322 g/mol. The Balaban J connectivity index is 1.70. The van der Waals surface area contributed by atoms with E-state index in [1.54, 1.807) is 34.5 Å². The summed E-state index contributed by atoms with van der Waals surface area (Å²) in [5.74, 6) is 0.262. The molecule has 122 valence electrons. The first-order valence-corrected chi connectivity index (χ1v) is 8.30. The molecule has 3 aromatic heterocycles. The van der Waals surface area contributed by atoms with Gasteiger partial charge >= 0.3 is 0 Å². The average Bonchev–Trinajstić information content (AvgIpc) is 3.18. The van der Waals surface area contributed by atoms with Crippen LogP contribution in [0.5, 0.6) is 0 Å². The summed E-state index contributed by atoms with van der Waals surface area (Å²) in [5.41, 5.74) is 3.61. The standard InChI is InChI=1S/C17H17N5OS/c1-11-12(2)21-22(13(11)3)17-18-9-14(10-19-17)20-16(23)7-6-15-5-4-8-24-15/h4-10H,1-3H3,(H,20,23)/b7-6+. The lowest BCUT2D eigenvalue weighted by Gasteiger charge is -2.04. The van der Waals surface area contributed by atoms with Gasteiger partial charge in [-0.2, -0.15) is 5.10 Å². The second kappa shape index (κ2) is 6.76. The Morgan fingerprint density at radius 3 is 2.58 bits per heavy atom. The number of carbonyl (C=O) groups is 1. The van der Waals surface area contributed by atoms with E-state index in [0.29, 0.717) is 11.6 Å². The van der Waals surface area contributed by atoms with Crippen LogP contribution in [0, 0.1) is 20.8 Å². The number of aryl methyl sites for hydroxylation is 1. The number of hydrogen-bond acceptors (Lipinski definition) is 5. The minimum atomic E-state index is -0.221. The van der Waals surface area contributed by atoms with Crippen molar-refractivity contribution in [2.24, 2.45) is 0 Å². The zero-order chi connectivity index (χ0) is 17.1. The summed E-state index contributed by atoms with van der Waals surface area (Å²) in [7, 11) is 0. The molecule has 0 unspecified atom stereocenters. The van der Waals surface area contributed by atoms with E-state index < -0.39 is 0 Å². The summed E-state index contributed by atoms with van der Waals surface area (Å²) in [4.78, 5) is 21.5. The van der Waals surface area contributed by atoms with Crippen molar-refractivity contribution in [2.75, 3.05) is 5.32 Å². The summed E-state index contributed by atoms with van der Waals surface area (Å²) < 4.78 is 1.70. The molecule has 1 amide bonds. The Hall–Kier alpha value is -2.80. The molecule has 24 heavy (non-hydrogen) atoms. The Kier molecular flexibility index (Phi) is 4.52. The van der Waals surface area contributed by atoms with Gasteiger partial charge in [0.25, 0.3) is 5.95 Å². The van der Waals surface area contributed by atoms with Gasteiger partial charge in [0.1, 0.15) is 0 Å². The molecule has 0 aliphatic rings. The summed E-state index contributed by atoms with van der Waals surface area (Å²) in [6, 6.07) is 3.89. The van der Waals surface area contributed by atoms with Crippen LogP contribution >= 0.6 is 11.3 Å². The van der Waals surface area contributed by atoms with Crippen LogP contribution in [0.15, 0.2) is 36.0 Å². The lowest BCUT2D eigenvalue weighted by atomic mass is 10.2. The molecule has 0 spiro atoms. The lowest BCUT2D eigenvalue weighted by Crippen LogP contribution is -2.10. The third-order valence-corrected chi connectivity index (χ3v) is 4.53. The van der Waals surface area contributed by atoms with Crippen LogP contribution < -0.4 is 5.32 Å². The largest absolute Gasteiger partial charge is 0.320 e. The predicted octanol–water partition coefficient (Wildman–Crippen LogP) is 3.30. The smallest absolute Gasteiger partial charge is 0.250 e. The van der Waals surface area contributed by atoms with Gasteiger partial charge in [0, 0.05) is 16.6 Å². The van der Waals surface area contributed by atoms with E-state index >= 15 is 0 Å². The van der Waals surface area contributed by atoms with Crippen LogP contribution in [0.1, 0.15) is 21.8 Å². The number of carbonyl (C=O) groups excluding carboxylic acids is 1. The van der Waals surface area contributed by atoms with Crippen LogP contribution in [0.4, 0.5) is 5.69 Å². The molecule has 3 aromatic rings. The SMILES string of the molecule is Cc1nn(-c2ncc(NC(=O)/C=C/c3cccs3)cn2)c(C)c1C. The zero-order valence-corrected chi connectivity index (χ0v) is 14.5. The predicted molar refractivity (Wildman–Crippen MR) is 95.3 cm³/mol. The minimum absolute atomic E-state index is 0.221. The van der Waals surface area contributed by atoms with E-state index in [1.807, 2.05) is 38.3 Å². The number of nitrogens with zero attached hydrogens (tertiary/aromatic N) is 4. The summed E-state index contributed by atoms with van der Waals surface area (Å²) in [5, 5.41) is 9.12. The van der Waals surface area contributed by atoms with Crippen molar-refractivity contribution in [2.45, 2.75) is 20.8 Å². The van der Waals surface area contributed by atoms with Gasteiger partial charge in [0.05, 0.1) is 23.8 Å². The van der Waals surface area contributed by atoms with Crippen LogP contribution in [0.2, 0.25) is 0 Å². The van der Waals surface area contributed by atoms with Crippen LogP contribution in [-0.2, 0) is 4.79 Å². The third kappa shape index (κ3) is 3.41. The van der Waals surface area contributed by atoms with E-state index in [4.69, 9.17) is 0 Å². The Bertz CT molecular complexity index is 879. The van der Waals surface area contributed by atoms with Crippen molar-refractivity contribution in [1.82, 2.24) is 19.7 Å². The molecule has 3 heterocycles. The number of anilines is 1. The van der Waals surface area contributed by atoms with Crippen molar-refractivity contribution >= 4 is 29.0 Å². The van der Waals surface area contributed by atoms with E-state index in [1.165, 1.54) is 6.08 Å². The van der Waals surface area contributed by atoms with Gasteiger partial charge in [0.2, 0.25) is 5.91 Å². The van der Waals surface area contributed by atoms with Crippen molar-refractivity contribution < 1.29 is 4.79 Å².